The van der Waals surface area contributed by atoms with Gasteiger partial charge in [-0.05, 0) is 27.2 Å². The van der Waals surface area contributed by atoms with Gasteiger partial charge in [-0.15, -0.1) is 0 Å². The summed E-state index contributed by atoms with van der Waals surface area (Å²) in [7, 11) is -3.04. The van der Waals surface area contributed by atoms with Crippen LogP contribution in [-0.4, -0.2) is 31.1 Å². The molecule has 1 rings (SSSR count). The predicted octanol–water partition coefficient (Wildman–Crippen LogP) is 1.38. The van der Waals surface area contributed by atoms with Crippen molar-refractivity contribution in [2.75, 3.05) is 13.1 Å². The summed E-state index contributed by atoms with van der Waals surface area (Å²) < 4.78 is 25.0. The van der Waals surface area contributed by atoms with Gasteiger partial charge in [0.05, 0.1) is 5.25 Å². The monoisotopic (exact) mass is 203 g/mol. The average Bonchev–Trinajstić information content (AvgIpc) is 2.04. The number of hydrogen-bond acceptors (Lipinski definition) is 2. The van der Waals surface area contributed by atoms with Crippen molar-refractivity contribution in [3.8, 4) is 0 Å². The Morgan fingerprint density at radius 1 is 1.46 bits per heavy atom. The average molecular weight is 203 g/mol. The van der Waals surface area contributed by atoms with Gasteiger partial charge < -0.3 is 0 Å². The molecule has 0 saturated heterocycles. The lowest BCUT2D eigenvalue weighted by atomic mass is 10.2. The second kappa shape index (κ2) is 3.80. The molecule has 0 bridgehead atoms. The predicted molar refractivity (Wildman–Crippen MR) is 54.0 cm³/mol. The van der Waals surface area contributed by atoms with Crippen molar-refractivity contribution < 1.29 is 8.42 Å². The molecule has 0 aromatic heterocycles. The van der Waals surface area contributed by atoms with Crippen LogP contribution in [0.1, 0.15) is 27.2 Å². The third-order valence-corrected chi connectivity index (χ3v) is 4.48. The van der Waals surface area contributed by atoms with E-state index >= 15 is 0 Å². The van der Waals surface area contributed by atoms with Crippen molar-refractivity contribution in [3.63, 3.8) is 0 Å². The van der Waals surface area contributed by atoms with Gasteiger partial charge in [0.25, 0.3) is 0 Å². The van der Waals surface area contributed by atoms with Crippen molar-refractivity contribution in [1.29, 1.82) is 0 Å². The van der Waals surface area contributed by atoms with Crippen LogP contribution in [0, 0.1) is 0 Å². The van der Waals surface area contributed by atoms with Crippen LogP contribution < -0.4 is 0 Å². The SMILES string of the molecule is CC1=CCCN(S(=O)(=O)C(C)C)C1. The first kappa shape index (κ1) is 10.7. The fourth-order valence-electron chi connectivity index (χ4n) is 1.39. The van der Waals surface area contributed by atoms with E-state index in [1.165, 1.54) is 0 Å². The van der Waals surface area contributed by atoms with Crippen LogP contribution in [0.4, 0.5) is 0 Å². The maximum atomic E-state index is 11.7. The van der Waals surface area contributed by atoms with Crippen LogP contribution >= 0.6 is 0 Å². The summed E-state index contributed by atoms with van der Waals surface area (Å²) in [6.45, 7) is 6.63. The maximum Gasteiger partial charge on any atom is 0.216 e. The molecule has 1 aliphatic rings. The molecule has 0 N–H and O–H groups in total. The molecule has 0 fully saturated rings. The zero-order valence-electron chi connectivity index (χ0n) is 8.45. The smallest absolute Gasteiger partial charge is 0.212 e. The summed E-state index contributed by atoms with van der Waals surface area (Å²) in [6.07, 6.45) is 2.95. The van der Waals surface area contributed by atoms with E-state index in [4.69, 9.17) is 0 Å². The summed E-state index contributed by atoms with van der Waals surface area (Å²) >= 11 is 0. The van der Waals surface area contributed by atoms with E-state index in [1.54, 1.807) is 18.2 Å². The zero-order valence-corrected chi connectivity index (χ0v) is 9.26. The van der Waals surface area contributed by atoms with Gasteiger partial charge >= 0.3 is 0 Å². The first-order chi connectivity index (χ1) is 5.94. The molecule has 1 heterocycles. The van der Waals surface area contributed by atoms with Crippen molar-refractivity contribution in [1.82, 2.24) is 4.31 Å². The number of hydrogen-bond donors (Lipinski definition) is 0. The second-order valence-electron chi connectivity index (χ2n) is 3.77. The molecule has 76 valence electrons. The molecule has 0 amide bonds. The standard InChI is InChI=1S/C9H17NO2S/c1-8(2)13(11,12)10-6-4-5-9(3)7-10/h5,8H,4,6-7H2,1-3H3. The Hall–Kier alpha value is -0.350. The summed E-state index contributed by atoms with van der Waals surface area (Å²) in [4.78, 5) is 0. The van der Waals surface area contributed by atoms with Crippen molar-refractivity contribution in [3.05, 3.63) is 11.6 Å². The van der Waals surface area contributed by atoms with Crippen molar-refractivity contribution in [2.45, 2.75) is 32.4 Å². The van der Waals surface area contributed by atoms with Gasteiger partial charge in [0.2, 0.25) is 10.0 Å². The molecule has 4 heteroatoms. The lowest BCUT2D eigenvalue weighted by Gasteiger charge is -2.27. The molecule has 0 atom stereocenters. The normalized spacial score (nSPS) is 20.5. The molecular weight excluding hydrogens is 186 g/mol. The zero-order chi connectivity index (χ0) is 10.1. The Morgan fingerprint density at radius 3 is 2.54 bits per heavy atom. The molecular formula is C9H17NO2S. The molecule has 0 aliphatic carbocycles. The van der Waals surface area contributed by atoms with Gasteiger partial charge in [0.1, 0.15) is 0 Å². The Balaban J connectivity index is 2.80. The summed E-state index contributed by atoms with van der Waals surface area (Å²) in [5.41, 5.74) is 1.15. The van der Waals surface area contributed by atoms with E-state index in [9.17, 15) is 8.42 Å². The minimum Gasteiger partial charge on any atom is -0.212 e. The lowest BCUT2D eigenvalue weighted by Crippen LogP contribution is -2.39. The molecule has 0 saturated carbocycles. The molecule has 0 aromatic rings. The summed E-state index contributed by atoms with van der Waals surface area (Å²) in [6, 6.07) is 0. The number of rotatable bonds is 2. The van der Waals surface area contributed by atoms with Gasteiger partial charge in [-0.25, -0.2) is 8.42 Å². The Bertz CT molecular complexity index is 304. The van der Waals surface area contributed by atoms with Crippen LogP contribution in [0.2, 0.25) is 0 Å². The van der Waals surface area contributed by atoms with E-state index in [0.29, 0.717) is 13.1 Å². The minimum absolute atomic E-state index is 0.307. The van der Waals surface area contributed by atoms with Crippen LogP contribution in [0.5, 0.6) is 0 Å². The van der Waals surface area contributed by atoms with E-state index in [2.05, 4.69) is 6.08 Å². The minimum atomic E-state index is -3.04. The fourth-order valence-corrected chi connectivity index (χ4v) is 2.73. The van der Waals surface area contributed by atoms with E-state index < -0.39 is 10.0 Å². The lowest BCUT2D eigenvalue weighted by molar-refractivity contribution is 0.422. The summed E-state index contributed by atoms with van der Waals surface area (Å²) in [5, 5.41) is -0.307. The Kier molecular flexibility index (Phi) is 3.14. The Labute approximate surface area is 80.5 Å². The van der Waals surface area contributed by atoms with E-state index in [-0.39, 0.29) is 5.25 Å². The van der Waals surface area contributed by atoms with Gasteiger partial charge in [-0.3, -0.25) is 0 Å². The largest absolute Gasteiger partial charge is 0.216 e. The molecule has 0 radical (unpaired) electrons. The van der Waals surface area contributed by atoms with Gasteiger partial charge in [-0.1, -0.05) is 11.6 Å². The van der Waals surface area contributed by atoms with Crippen LogP contribution in [-0.2, 0) is 10.0 Å². The molecule has 3 nitrogen and oxygen atoms in total. The highest BCUT2D eigenvalue weighted by molar-refractivity contribution is 7.89. The molecule has 13 heavy (non-hydrogen) atoms. The van der Waals surface area contributed by atoms with Crippen molar-refractivity contribution in [2.24, 2.45) is 0 Å². The number of nitrogens with zero attached hydrogens (tertiary/aromatic N) is 1. The van der Waals surface area contributed by atoms with E-state index in [0.717, 1.165) is 12.0 Å². The molecule has 0 spiro atoms. The third kappa shape index (κ3) is 2.31. The van der Waals surface area contributed by atoms with Gasteiger partial charge in [-0.2, -0.15) is 4.31 Å². The van der Waals surface area contributed by atoms with Crippen LogP contribution in [0.15, 0.2) is 11.6 Å². The van der Waals surface area contributed by atoms with Crippen LogP contribution in [0.3, 0.4) is 0 Å². The molecule has 1 aliphatic heterocycles. The summed E-state index contributed by atoms with van der Waals surface area (Å²) in [5.74, 6) is 0. The highest BCUT2D eigenvalue weighted by atomic mass is 32.2. The second-order valence-corrected chi connectivity index (χ2v) is 6.26. The first-order valence-electron chi connectivity index (χ1n) is 4.59. The quantitative estimate of drug-likeness (QED) is 0.636. The van der Waals surface area contributed by atoms with Gasteiger partial charge in [0, 0.05) is 13.1 Å². The van der Waals surface area contributed by atoms with Crippen molar-refractivity contribution >= 4 is 10.0 Å². The topological polar surface area (TPSA) is 37.4 Å². The van der Waals surface area contributed by atoms with E-state index in [1.807, 2.05) is 6.92 Å². The van der Waals surface area contributed by atoms with Crippen LogP contribution in [0.25, 0.3) is 0 Å². The number of sulfonamides is 1. The van der Waals surface area contributed by atoms with Gasteiger partial charge in [0.15, 0.2) is 0 Å². The molecule has 0 unspecified atom stereocenters. The fraction of sp³-hybridized carbons (Fsp3) is 0.778. The highest BCUT2D eigenvalue weighted by Crippen LogP contribution is 2.16. The third-order valence-electron chi connectivity index (χ3n) is 2.25. The Morgan fingerprint density at radius 2 is 2.08 bits per heavy atom. The highest BCUT2D eigenvalue weighted by Gasteiger charge is 2.26. The maximum absolute atomic E-state index is 11.7. The first-order valence-corrected chi connectivity index (χ1v) is 6.09. The molecule has 0 aromatic carbocycles.